The van der Waals surface area contributed by atoms with E-state index in [1.165, 1.54) is 6.07 Å². The van der Waals surface area contributed by atoms with Crippen molar-refractivity contribution in [3.05, 3.63) is 53.3 Å². The van der Waals surface area contributed by atoms with Crippen molar-refractivity contribution in [2.24, 2.45) is 0 Å². The highest BCUT2D eigenvalue weighted by molar-refractivity contribution is 5.71. The van der Waals surface area contributed by atoms with E-state index in [-0.39, 0.29) is 5.82 Å². The number of rotatable bonds is 5. The van der Waals surface area contributed by atoms with Gasteiger partial charge in [0.2, 0.25) is 0 Å². The van der Waals surface area contributed by atoms with Gasteiger partial charge in [0.25, 0.3) is 0 Å². The van der Waals surface area contributed by atoms with Gasteiger partial charge in [-0.2, -0.15) is 0 Å². The lowest BCUT2D eigenvalue weighted by molar-refractivity contribution is 0.414. The third-order valence-corrected chi connectivity index (χ3v) is 3.36. The van der Waals surface area contributed by atoms with Crippen LogP contribution in [0.5, 0.6) is 5.75 Å². The van der Waals surface area contributed by atoms with Crippen LogP contribution in [0, 0.1) is 12.7 Å². The normalized spacial score (nSPS) is 10.6. The van der Waals surface area contributed by atoms with Crippen molar-refractivity contribution in [2.45, 2.75) is 20.4 Å². The molecule has 0 saturated carbocycles. The summed E-state index contributed by atoms with van der Waals surface area (Å²) in [7, 11) is 1.66. The summed E-state index contributed by atoms with van der Waals surface area (Å²) in [6.07, 6.45) is 0. The number of hydrogen-bond acceptors (Lipinski definition) is 2. The molecule has 106 valence electrons. The maximum absolute atomic E-state index is 13.5. The zero-order valence-corrected chi connectivity index (χ0v) is 12.2. The fourth-order valence-corrected chi connectivity index (χ4v) is 2.30. The fraction of sp³-hybridized carbons (Fsp3) is 0.294. The fourth-order valence-electron chi connectivity index (χ4n) is 2.30. The summed E-state index contributed by atoms with van der Waals surface area (Å²) in [5.74, 6) is 0.634. The molecule has 0 unspecified atom stereocenters. The minimum absolute atomic E-state index is 0.201. The third kappa shape index (κ3) is 3.17. The van der Waals surface area contributed by atoms with E-state index in [1.54, 1.807) is 13.2 Å². The molecule has 0 aliphatic rings. The molecule has 2 aromatic carbocycles. The minimum atomic E-state index is -0.201. The Morgan fingerprint density at radius 1 is 1.10 bits per heavy atom. The van der Waals surface area contributed by atoms with Gasteiger partial charge in [-0.15, -0.1) is 0 Å². The average molecular weight is 273 g/mol. The molecule has 0 atom stereocenters. The van der Waals surface area contributed by atoms with Crippen LogP contribution in [0.15, 0.2) is 36.4 Å². The Labute approximate surface area is 119 Å². The lowest BCUT2D eigenvalue weighted by Crippen LogP contribution is -2.12. The molecule has 0 aliphatic heterocycles. The van der Waals surface area contributed by atoms with Gasteiger partial charge in [0, 0.05) is 6.54 Å². The van der Waals surface area contributed by atoms with Gasteiger partial charge < -0.3 is 10.1 Å². The summed E-state index contributed by atoms with van der Waals surface area (Å²) in [6, 6.07) is 10.9. The molecule has 20 heavy (non-hydrogen) atoms. The lowest BCUT2D eigenvalue weighted by atomic mass is 9.95. The van der Waals surface area contributed by atoms with E-state index in [2.05, 4.69) is 5.32 Å². The summed E-state index contributed by atoms with van der Waals surface area (Å²) in [5.41, 5.74) is 4.26. The average Bonchev–Trinajstić information content (AvgIpc) is 2.45. The molecule has 0 radical (unpaired) electrons. The number of benzene rings is 2. The second-order valence-corrected chi connectivity index (χ2v) is 4.76. The van der Waals surface area contributed by atoms with E-state index in [0.717, 1.165) is 34.5 Å². The maximum Gasteiger partial charge on any atom is 0.123 e. The molecule has 0 amide bonds. The minimum Gasteiger partial charge on any atom is -0.497 e. The van der Waals surface area contributed by atoms with Crippen molar-refractivity contribution < 1.29 is 9.13 Å². The molecule has 0 spiro atoms. The van der Waals surface area contributed by atoms with E-state index < -0.39 is 0 Å². The van der Waals surface area contributed by atoms with Crippen LogP contribution in [-0.2, 0) is 6.54 Å². The predicted molar refractivity (Wildman–Crippen MR) is 80.5 cm³/mol. The Kier molecular flexibility index (Phi) is 4.74. The highest BCUT2D eigenvalue weighted by Crippen LogP contribution is 2.30. The zero-order valence-electron chi connectivity index (χ0n) is 12.2. The number of ether oxygens (including phenoxy) is 1. The first-order valence-corrected chi connectivity index (χ1v) is 6.80. The summed E-state index contributed by atoms with van der Waals surface area (Å²) in [4.78, 5) is 0. The second-order valence-electron chi connectivity index (χ2n) is 4.76. The second kappa shape index (κ2) is 6.53. The molecular weight excluding hydrogens is 253 g/mol. The maximum atomic E-state index is 13.5. The van der Waals surface area contributed by atoms with Crippen LogP contribution in [0.1, 0.15) is 18.1 Å². The molecular formula is C17H20FNO. The summed E-state index contributed by atoms with van der Waals surface area (Å²) < 4.78 is 18.7. The Morgan fingerprint density at radius 3 is 2.50 bits per heavy atom. The number of nitrogens with one attached hydrogen (secondary N) is 1. The predicted octanol–water partition coefficient (Wildman–Crippen LogP) is 3.92. The lowest BCUT2D eigenvalue weighted by Gasteiger charge is -2.13. The molecule has 0 aliphatic carbocycles. The van der Waals surface area contributed by atoms with Crippen LogP contribution in [0.2, 0.25) is 0 Å². The first kappa shape index (κ1) is 14.5. The van der Waals surface area contributed by atoms with Crippen molar-refractivity contribution in [3.63, 3.8) is 0 Å². The van der Waals surface area contributed by atoms with Crippen LogP contribution >= 0.6 is 0 Å². The molecule has 0 aromatic heterocycles. The van der Waals surface area contributed by atoms with Crippen LogP contribution in [0.25, 0.3) is 11.1 Å². The summed E-state index contributed by atoms with van der Waals surface area (Å²) in [5, 5.41) is 3.25. The van der Waals surface area contributed by atoms with Gasteiger partial charge >= 0.3 is 0 Å². The Bertz CT molecular complexity index is 596. The van der Waals surface area contributed by atoms with E-state index in [1.807, 2.05) is 38.1 Å². The van der Waals surface area contributed by atoms with Crippen LogP contribution < -0.4 is 10.1 Å². The monoisotopic (exact) mass is 273 g/mol. The van der Waals surface area contributed by atoms with Crippen LogP contribution in [-0.4, -0.2) is 13.7 Å². The smallest absolute Gasteiger partial charge is 0.123 e. The zero-order chi connectivity index (χ0) is 14.5. The molecule has 2 aromatic rings. The van der Waals surface area contributed by atoms with Gasteiger partial charge in [0.1, 0.15) is 11.6 Å². The van der Waals surface area contributed by atoms with E-state index in [4.69, 9.17) is 4.74 Å². The van der Waals surface area contributed by atoms with Gasteiger partial charge in [-0.1, -0.05) is 19.1 Å². The highest BCUT2D eigenvalue weighted by atomic mass is 19.1. The topological polar surface area (TPSA) is 21.3 Å². The Balaban J connectivity index is 2.45. The van der Waals surface area contributed by atoms with Crippen molar-refractivity contribution in [1.82, 2.24) is 5.32 Å². The standard InChI is InChI=1S/C17H20FNO/c1-4-19-11-13-10-14(18)5-7-17(13)16-8-6-15(20-3)9-12(16)2/h5-10,19H,4,11H2,1-3H3. The third-order valence-electron chi connectivity index (χ3n) is 3.36. The highest BCUT2D eigenvalue weighted by Gasteiger charge is 2.09. The molecule has 0 bridgehead atoms. The molecule has 2 rings (SSSR count). The van der Waals surface area contributed by atoms with Gasteiger partial charge in [0.15, 0.2) is 0 Å². The number of hydrogen-bond donors (Lipinski definition) is 1. The Hall–Kier alpha value is -1.87. The molecule has 1 N–H and O–H groups in total. The van der Waals surface area contributed by atoms with Crippen molar-refractivity contribution in [1.29, 1.82) is 0 Å². The van der Waals surface area contributed by atoms with Crippen molar-refractivity contribution in [2.75, 3.05) is 13.7 Å². The quantitative estimate of drug-likeness (QED) is 0.891. The van der Waals surface area contributed by atoms with E-state index in [0.29, 0.717) is 6.54 Å². The summed E-state index contributed by atoms with van der Waals surface area (Å²) >= 11 is 0. The molecule has 2 nitrogen and oxygen atoms in total. The SMILES string of the molecule is CCNCc1cc(F)ccc1-c1ccc(OC)cc1C. The largest absolute Gasteiger partial charge is 0.497 e. The number of halogens is 1. The van der Waals surface area contributed by atoms with E-state index >= 15 is 0 Å². The molecule has 0 heterocycles. The number of methoxy groups -OCH3 is 1. The summed E-state index contributed by atoms with van der Waals surface area (Å²) in [6.45, 7) is 5.60. The number of aryl methyl sites for hydroxylation is 1. The Morgan fingerprint density at radius 2 is 1.85 bits per heavy atom. The van der Waals surface area contributed by atoms with Crippen LogP contribution in [0.4, 0.5) is 4.39 Å². The van der Waals surface area contributed by atoms with E-state index in [9.17, 15) is 4.39 Å². The van der Waals surface area contributed by atoms with Crippen LogP contribution in [0.3, 0.4) is 0 Å². The van der Waals surface area contributed by atoms with Gasteiger partial charge in [-0.25, -0.2) is 4.39 Å². The molecule has 3 heteroatoms. The van der Waals surface area contributed by atoms with Gasteiger partial charge in [0.05, 0.1) is 7.11 Å². The van der Waals surface area contributed by atoms with Crippen molar-refractivity contribution in [3.8, 4) is 16.9 Å². The van der Waals surface area contributed by atoms with Gasteiger partial charge in [-0.05, 0) is 60.0 Å². The van der Waals surface area contributed by atoms with Crippen molar-refractivity contribution >= 4 is 0 Å². The molecule has 0 fully saturated rings. The first-order chi connectivity index (χ1) is 9.65. The van der Waals surface area contributed by atoms with Gasteiger partial charge in [-0.3, -0.25) is 0 Å². The molecule has 0 saturated heterocycles. The first-order valence-electron chi connectivity index (χ1n) is 6.80.